The van der Waals surface area contributed by atoms with Crippen molar-refractivity contribution >= 4 is 11.9 Å². The fraction of sp³-hybridized carbons (Fsp3) is 0.156. The van der Waals surface area contributed by atoms with E-state index in [2.05, 4.69) is 0 Å². The lowest BCUT2D eigenvalue weighted by Gasteiger charge is -2.17. The summed E-state index contributed by atoms with van der Waals surface area (Å²) in [4.78, 5) is 24.8. The van der Waals surface area contributed by atoms with E-state index in [1.165, 1.54) is 0 Å². The lowest BCUT2D eigenvalue weighted by Crippen LogP contribution is -2.08. The third kappa shape index (κ3) is 28.8. The molecule has 0 fully saturated rings. The first-order chi connectivity index (χ1) is 62.5. The molecule has 1 N–H and O–H groups in total. The highest BCUT2D eigenvalue weighted by Crippen LogP contribution is 2.36. The summed E-state index contributed by atoms with van der Waals surface area (Å²) in [7, 11) is 0. The van der Waals surface area contributed by atoms with Crippen LogP contribution in [-0.4, -0.2) is 17.0 Å². The van der Waals surface area contributed by atoms with Crippen molar-refractivity contribution in [3.05, 3.63) is 454 Å². The van der Waals surface area contributed by atoms with Crippen molar-refractivity contribution in [3.8, 4) is 80.5 Å². The van der Waals surface area contributed by atoms with E-state index in [4.69, 9.17) is 71.1 Å². The smallest absolute Gasteiger partial charge is 0.306 e. The maximum Gasteiger partial charge on any atom is 0.306 e. The topological polar surface area (TPSA) is 193 Å². The molecule has 0 spiro atoms. The normalized spacial score (nSPS) is 10.8. The second kappa shape index (κ2) is 45.5. The van der Waals surface area contributed by atoms with Crippen LogP contribution >= 0.6 is 0 Å². The molecule has 0 bridgehead atoms. The Bertz CT molecular complexity index is 5060. The van der Waals surface area contributed by atoms with Crippen LogP contribution in [0.25, 0.3) is 0 Å². The molecule has 0 aliphatic heterocycles. The minimum atomic E-state index is -1.13. The molecular formula is C109H96O18. The monoisotopic (exact) mass is 1690 g/mol. The van der Waals surface area contributed by atoms with Gasteiger partial charge in [-0.1, -0.05) is 243 Å². The third-order valence-electron chi connectivity index (χ3n) is 19.9. The van der Waals surface area contributed by atoms with Crippen molar-refractivity contribution < 1.29 is 85.7 Å². The second-order valence-corrected chi connectivity index (χ2v) is 30.2. The maximum absolute atomic E-state index is 13.2. The van der Waals surface area contributed by atoms with Crippen molar-refractivity contribution in [2.45, 2.75) is 112 Å². The van der Waals surface area contributed by atoms with E-state index in [1.54, 1.807) is 18.2 Å². The molecule has 0 aliphatic carbocycles. The summed E-state index contributed by atoms with van der Waals surface area (Å²) in [6.07, 6.45) is -0.737. The molecule has 18 heteroatoms. The van der Waals surface area contributed by atoms with Crippen LogP contribution in [0.3, 0.4) is 0 Å². The first-order valence-corrected chi connectivity index (χ1v) is 41.9. The molecule has 0 saturated carbocycles. The molecule has 127 heavy (non-hydrogen) atoms. The molecule has 0 unspecified atom stereocenters. The van der Waals surface area contributed by atoms with Gasteiger partial charge in [-0.05, 0) is 168 Å². The van der Waals surface area contributed by atoms with Gasteiger partial charge in [0.25, 0.3) is 0 Å². The average molecular weight is 1690 g/mol. The number of aliphatic carboxylic acids is 1. The van der Waals surface area contributed by atoms with Crippen LogP contribution in [-0.2, 0) is 113 Å². The SMILES string of the molecule is O=C(O)CCC(=O)OCc1cc(OCc2cc(OCc3cc(OCc4ccccc4)cc(OCc4ccccc4)c3)cc(OCc3cc(OCc4ccccc4)cc(OCc4ccccc4)c3)c2)cc(OCc2cc(OCc3cc(OCc4ccccc4)cc(OCc4ccccc4)c3)cc(OCc3cc(OCc4ccccc4)cc(OCc4ccccc4)c3)c2)c1. The summed E-state index contributed by atoms with van der Waals surface area (Å²) in [5.41, 5.74) is 13.0. The third-order valence-corrected chi connectivity index (χ3v) is 19.9. The van der Waals surface area contributed by atoms with Crippen LogP contribution in [0.2, 0.25) is 0 Å². The first kappa shape index (κ1) is 86.4. The quantitative estimate of drug-likeness (QED) is 0.0354. The Hall–Kier alpha value is -15.6. The standard InChI is InChI=1S/C109H96O18/c110-108(111)41-42-109(112)127-78-93-55-106(125-76-91-51-102(121-72-87-43-94(113-64-79-25-9-1-10-26-79)57-95(44-87)114-65-80-27-11-2-12-28-80)61-103(52-91)122-73-88-45-96(115-66-81-29-13-3-14-30-81)58-97(46-88)116-67-82-31-15-4-16-32-82)63-107(56-93)126-77-92-53-104(123-74-89-47-98(117-68-83-33-17-5-18-34-83)59-99(48-89)118-69-84-35-19-6-20-36-84)62-105(54-92)124-75-90-49-100(119-70-85-37-21-7-22-38-85)60-101(50-90)120-71-86-39-23-8-24-40-86/h1-40,43-63H,41-42,64-78H2,(H,110,111). The Morgan fingerprint density at radius 3 is 0.417 bits per heavy atom. The zero-order chi connectivity index (χ0) is 86.7. The van der Waals surface area contributed by atoms with Crippen molar-refractivity contribution in [1.29, 1.82) is 0 Å². The number of ether oxygens (including phenoxy) is 15. The summed E-state index contributed by atoms with van der Waals surface area (Å²) in [6.45, 7) is 2.78. The van der Waals surface area contributed by atoms with E-state index in [0.717, 1.165) is 66.8 Å². The van der Waals surface area contributed by atoms with Gasteiger partial charge in [0.2, 0.25) is 0 Å². The zero-order valence-corrected chi connectivity index (χ0v) is 70.1. The highest BCUT2D eigenvalue weighted by molar-refractivity contribution is 5.76. The number of carbonyl (C=O) groups is 2. The van der Waals surface area contributed by atoms with Crippen LogP contribution in [0, 0.1) is 0 Å². The molecule has 18 nitrogen and oxygen atoms in total. The molecule has 0 heterocycles. The van der Waals surface area contributed by atoms with Crippen molar-refractivity contribution in [2.24, 2.45) is 0 Å². The molecule has 0 aliphatic rings. The van der Waals surface area contributed by atoms with Crippen LogP contribution in [0.4, 0.5) is 0 Å². The van der Waals surface area contributed by atoms with E-state index < -0.39 is 18.4 Å². The minimum absolute atomic E-state index is 0.0269. The number of carboxylic acids is 1. The van der Waals surface area contributed by atoms with E-state index in [1.807, 2.05) is 352 Å². The number of carbonyl (C=O) groups excluding carboxylic acids is 1. The predicted molar refractivity (Wildman–Crippen MR) is 484 cm³/mol. The Kier molecular flexibility index (Phi) is 31.0. The average Bonchev–Trinajstić information content (AvgIpc) is 0.835. The number of esters is 1. The van der Waals surface area contributed by atoms with E-state index in [-0.39, 0.29) is 52.7 Å². The molecule has 0 aromatic heterocycles. The number of hydrogen-bond acceptors (Lipinski definition) is 17. The predicted octanol–water partition coefficient (Wildman–Crippen LogP) is 23.7. The molecule has 0 radical (unpaired) electrons. The van der Waals surface area contributed by atoms with Gasteiger partial charge in [0.15, 0.2) is 0 Å². The molecule has 15 aromatic carbocycles. The van der Waals surface area contributed by atoms with Gasteiger partial charge in [0, 0.05) is 42.5 Å². The van der Waals surface area contributed by atoms with Gasteiger partial charge < -0.3 is 76.2 Å². The fourth-order valence-corrected chi connectivity index (χ4v) is 13.5. The van der Waals surface area contributed by atoms with Gasteiger partial charge in [-0.15, -0.1) is 0 Å². The van der Waals surface area contributed by atoms with Gasteiger partial charge in [0.05, 0.1) is 12.8 Å². The lowest BCUT2D eigenvalue weighted by atomic mass is 10.1. The fourth-order valence-electron chi connectivity index (χ4n) is 13.5. The summed E-state index contributed by atoms with van der Waals surface area (Å²) in [6, 6.07) is 119. The van der Waals surface area contributed by atoms with E-state index >= 15 is 0 Å². The van der Waals surface area contributed by atoms with Crippen LogP contribution in [0.5, 0.6) is 80.5 Å². The zero-order valence-electron chi connectivity index (χ0n) is 70.1. The Balaban J connectivity index is 0.727. The number of benzene rings is 15. The van der Waals surface area contributed by atoms with Gasteiger partial charge in [-0.2, -0.15) is 0 Å². The van der Waals surface area contributed by atoms with E-state index in [0.29, 0.717) is 150 Å². The molecule has 15 aromatic rings. The highest BCUT2D eigenvalue weighted by Gasteiger charge is 2.18. The molecule has 15 rings (SSSR count). The molecule has 0 amide bonds. The van der Waals surface area contributed by atoms with Crippen molar-refractivity contribution in [3.63, 3.8) is 0 Å². The number of hydrogen-bond donors (Lipinski definition) is 1. The van der Waals surface area contributed by atoms with Gasteiger partial charge in [-0.3, -0.25) is 9.59 Å². The number of rotatable bonds is 47. The summed E-state index contributed by atoms with van der Waals surface area (Å²) in [5, 5.41) is 9.50. The minimum Gasteiger partial charge on any atom is -0.489 e. The molecular weight excluding hydrogens is 1600 g/mol. The Morgan fingerprint density at radius 1 is 0.157 bits per heavy atom. The molecule has 640 valence electrons. The maximum atomic E-state index is 13.2. The Morgan fingerprint density at radius 2 is 0.283 bits per heavy atom. The second-order valence-electron chi connectivity index (χ2n) is 30.2. The van der Waals surface area contributed by atoms with Crippen LogP contribution < -0.4 is 66.3 Å². The van der Waals surface area contributed by atoms with Crippen LogP contribution in [0.15, 0.2) is 370 Å². The number of carboxylic acid groups (broad SMARTS) is 1. The first-order valence-electron chi connectivity index (χ1n) is 41.9. The lowest BCUT2D eigenvalue weighted by molar-refractivity contribution is -0.148. The van der Waals surface area contributed by atoms with Crippen LogP contribution in [0.1, 0.15) is 96.3 Å². The summed E-state index contributed by atoms with van der Waals surface area (Å²) >= 11 is 0. The Labute approximate surface area is 739 Å². The van der Waals surface area contributed by atoms with Crippen molar-refractivity contribution in [2.75, 3.05) is 0 Å². The largest absolute Gasteiger partial charge is 0.489 e. The van der Waals surface area contributed by atoms with Gasteiger partial charge in [0.1, 0.15) is 180 Å². The highest BCUT2D eigenvalue weighted by atomic mass is 16.5. The van der Waals surface area contributed by atoms with Gasteiger partial charge >= 0.3 is 11.9 Å². The van der Waals surface area contributed by atoms with E-state index in [9.17, 15) is 14.7 Å². The van der Waals surface area contributed by atoms with Crippen molar-refractivity contribution in [1.82, 2.24) is 0 Å². The molecule has 0 atom stereocenters. The van der Waals surface area contributed by atoms with Gasteiger partial charge in [-0.25, -0.2) is 0 Å². The molecule has 0 saturated heterocycles. The summed E-state index contributed by atoms with van der Waals surface area (Å²) < 4.78 is 97.7. The summed E-state index contributed by atoms with van der Waals surface area (Å²) in [5.74, 6) is 5.51.